The Morgan fingerprint density at radius 3 is 2.07 bits per heavy atom. The number of anilines is 1. The molecule has 0 spiro atoms. The number of benzene rings is 1. The summed E-state index contributed by atoms with van der Waals surface area (Å²) in [5.74, 6) is 0.268. The molecule has 1 aromatic rings. The van der Waals surface area contributed by atoms with Crippen LogP contribution in [0.25, 0.3) is 0 Å². The van der Waals surface area contributed by atoms with Gasteiger partial charge in [-0.3, -0.25) is 14.9 Å². The highest BCUT2D eigenvalue weighted by molar-refractivity contribution is 5.93. The van der Waals surface area contributed by atoms with E-state index in [-0.39, 0.29) is 11.6 Å². The maximum atomic E-state index is 12.1. The van der Waals surface area contributed by atoms with E-state index >= 15 is 0 Å². The largest absolute Gasteiger partial charge is 0.494 e. The normalized spacial score (nSPS) is 10.6. The number of methoxy groups -OCH3 is 1. The lowest BCUT2D eigenvalue weighted by Gasteiger charge is -2.23. The van der Waals surface area contributed by atoms with E-state index in [1.807, 2.05) is 0 Å². The van der Waals surface area contributed by atoms with Crippen LogP contribution in [-0.4, -0.2) is 24.5 Å². The summed E-state index contributed by atoms with van der Waals surface area (Å²) in [5, 5.41) is 10.9. The second kappa shape index (κ2) is 13.1. The van der Waals surface area contributed by atoms with E-state index in [1.165, 1.54) is 77.5 Å². The number of nitro benzene ring substituents is 1. The van der Waals surface area contributed by atoms with Gasteiger partial charge in [-0.15, -0.1) is 0 Å². The first-order valence-corrected chi connectivity index (χ1v) is 10.1. The fraction of sp³-hybridized carbons (Fsp3) is 0.667. The van der Waals surface area contributed by atoms with Crippen molar-refractivity contribution in [3.63, 3.8) is 0 Å². The number of carbonyl (C=O) groups excluding carboxylic acids is 1. The van der Waals surface area contributed by atoms with Gasteiger partial charge >= 0.3 is 0 Å². The topological polar surface area (TPSA) is 72.7 Å². The molecule has 6 heteroatoms. The molecule has 0 aliphatic rings. The van der Waals surface area contributed by atoms with E-state index < -0.39 is 4.92 Å². The standard InChI is InChI=1S/C21H34N2O4/c1-4-5-6-7-8-9-10-11-12-13-16-22(18(2)24)20-15-14-19(23(25)26)17-21(20)27-3/h14-15,17H,4-13,16H2,1-3H3. The van der Waals surface area contributed by atoms with Gasteiger partial charge in [0, 0.05) is 19.5 Å². The van der Waals surface area contributed by atoms with Crippen molar-refractivity contribution in [2.24, 2.45) is 0 Å². The minimum absolute atomic E-state index is 0.0435. The van der Waals surface area contributed by atoms with E-state index in [9.17, 15) is 14.9 Å². The summed E-state index contributed by atoms with van der Waals surface area (Å²) in [6.07, 6.45) is 12.3. The highest BCUT2D eigenvalue weighted by Gasteiger charge is 2.19. The summed E-state index contributed by atoms with van der Waals surface area (Å²) in [4.78, 5) is 24.2. The number of carbonyl (C=O) groups is 1. The van der Waals surface area contributed by atoms with E-state index in [4.69, 9.17) is 4.74 Å². The van der Waals surface area contributed by atoms with Gasteiger partial charge in [0.2, 0.25) is 5.91 Å². The summed E-state index contributed by atoms with van der Waals surface area (Å²) in [7, 11) is 1.46. The number of ether oxygens (including phenoxy) is 1. The molecule has 0 fully saturated rings. The number of unbranched alkanes of at least 4 members (excludes halogenated alkanes) is 9. The van der Waals surface area contributed by atoms with Crippen LogP contribution in [0.15, 0.2) is 18.2 Å². The van der Waals surface area contributed by atoms with Crippen LogP contribution in [0, 0.1) is 10.1 Å². The number of hydrogen-bond donors (Lipinski definition) is 0. The van der Waals surface area contributed by atoms with Crippen molar-refractivity contribution in [3.8, 4) is 5.75 Å². The van der Waals surface area contributed by atoms with Crippen LogP contribution in [0.1, 0.15) is 78.1 Å². The van der Waals surface area contributed by atoms with Gasteiger partial charge < -0.3 is 9.64 Å². The lowest BCUT2D eigenvalue weighted by molar-refractivity contribution is -0.384. The quantitative estimate of drug-likeness (QED) is 0.230. The van der Waals surface area contributed by atoms with Crippen LogP contribution >= 0.6 is 0 Å². The molecule has 0 aliphatic carbocycles. The van der Waals surface area contributed by atoms with Gasteiger partial charge in [0.05, 0.1) is 23.8 Å². The van der Waals surface area contributed by atoms with E-state index in [0.717, 1.165) is 12.8 Å². The van der Waals surface area contributed by atoms with Gasteiger partial charge in [-0.1, -0.05) is 64.7 Å². The van der Waals surface area contributed by atoms with Crippen LogP contribution in [0.2, 0.25) is 0 Å². The predicted octanol–water partition coefficient (Wildman–Crippen LogP) is 5.88. The van der Waals surface area contributed by atoms with Crippen molar-refractivity contribution in [2.45, 2.75) is 78.1 Å². The Hall–Kier alpha value is -2.11. The Morgan fingerprint density at radius 2 is 1.59 bits per heavy atom. The number of nitrogens with zero attached hydrogens (tertiary/aromatic N) is 2. The van der Waals surface area contributed by atoms with Gasteiger partial charge in [0.25, 0.3) is 5.69 Å². The molecule has 0 atom stereocenters. The fourth-order valence-electron chi connectivity index (χ4n) is 3.21. The van der Waals surface area contributed by atoms with Crippen molar-refractivity contribution in [2.75, 3.05) is 18.6 Å². The third kappa shape index (κ3) is 8.41. The molecule has 0 unspecified atom stereocenters. The number of rotatable bonds is 14. The molecule has 152 valence electrons. The zero-order valence-corrected chi connectivity index (χ0v) is 17.0. The van der Waals surface area contributed by atoms with Crippen molar-refractivity contribution in [3.05, 3.63) is 28.3 Å². The fourth-order valence-corrected chi connectivity index (χ4v) is 3.21. The van der Waals surface area contributed by atoms with Crippen molar-refractivity contribution in [1.29, 1.82) is 0 Å². The first-order chi connectivity index (χ1) is 13.0. The van der Waals surface area contributed by atoms with Gasteiger partial charge in [0.1, 0.15) is 5.75 Å². The smallest absolute Gasteiger partial charge is 0.273 e. The molecule has 0 bridgehead atoms. The number of amides is 1. The van der Waals surface area contributed by atoms with Gasteiger partial charge in [-0.2, -0.15) is 0 Å². The van der Waals surface area contributed by atoms with Crippen molar-refractivity contribution < 1.29 is 14.5 Å². The van der Waals surface area contributed by atoms with Crippen LogP contribution in [0.5, 0.6) is 5.75 Å². The minimum atomic E-state index is -0.466. The monoisotopic (exact) mass is 378 g/mol. The second-order valence-electron chi connectivity index (χ2n) is 6.97. The lowest BCUT2D eigenvalue weighted by atomic mass is 10.1. The van der Waals surface area contributed by atoms with Gasteiger partial charge in [0.15, 0.2) is 0 Å². The molecule has 27 heavy (non-hydrogen) atoms. The first kappa shape index (κ1) is 22.9. The Labute approximate surface area is 163 Å². The summed E-state index contributed by atoms with van der Waals surface area (Å²) in [5.41, 5.74) is 0.546. The summed E-state index contributed by atoms with van der Waals surface area (Å²) in [6, 6.07) is 4.37. The molecule has 0 radical (unpaired) electrons. The Bertz CT molecular complexity index is 590. The van der Waals surface area contributed by atoms with E-state index in [0.29, 0.717) is 18.0 Å². The Balaban J connectivity index is 2.45. The summed E-state index contributed by atoms with van der Waals surface area (Å²) < 4.78 is 5.27. The first-order valence-electron chi connectivity index (χ1n) is 10.1. The molecule has 0 heterocycles. The van der Waals surface area contributed by atoms with Gasteiger partial charge in [-0.25, -0.2) is 0 Å². The molecule has 1 amide bonds. The predicted molar refractivity (Wildman–Crippen MR) is 110 cm³/mol. The van der Waals surface area contributed by atoms with Crippen molar-refractivity contribution in [1.82, 2.24) is 0 Å². The summed E-state index contributed by atoms with van der Waals surface area (Å²) in [6.45, 7) is 4.34. The van der Waals surface area contributed by atoms with Crippen molar-refractivity contribution >= 4 is 17.3 Å². The number of hydrogen-bond acceptors (Lipinski definition) is 4. The molecule has 1 aromatic carbocycles. The molecule has 0 aliphatic heterocycles. The molecule has 1 rings (SSSR count). The second-order valence-corrected chi connectivity index (χ2v) is 6.97. The van der Waals surface area contributed by atoms with Crippen LogP contribution in [0.3, 0.4) is 0 Å². The average molecular weight is 379 g/mol. The van der Waals surface area contributed by atoms with Crippen LogP contribution in [0.4, 0.5) is 11.4 Å². The molecular formula is C21H34N2O4. The minimum Gasteiger partial charge on any atom is -0.494 e. The Kier molecular flexibility index (Phi) is 11.1. The number of nitro groups is 1. The maximum Gasteiger partial charge on any atom is 0.273 e. The number of non-ortho nitro benzene ring substituents is 1. The molecule has 0 N–H and O–H groups in total. The molecule has 0 aromatic heterocycles. The molecule has 6 nitrogen and oxygen atoms in total. The van der Waals surface area contributed by atoms with Crippen LogP contribution in [-0.2, 0) is 4.79 Å². The molecule has 0 saturated heterocycles. The van der Waals surface area contributed by atoms with E-state index in [1.54, 1.807) is 11.0 Å². The average Bonchev–Trinajstić information content (AvgIpc) is 2.65. The summed E-state index contributed by atoms with van der Waals surface area (Å²) >= 11 is 0. The third-order valence-electron chi connectivity index (χ3n) is 4.78. The molecule has 0 saturated carbocycles. The lowest BCUT2D eigenvalue weighted by Crippen LogP contribution is -2.29. The molecular weight excluding hydrogens is 344 g/mol. The zero-order valence-electron chi connectivity index (χ0n) is 17.0. The SMILES string of the molecule is CCCCCCCCCCCCN(C(C)=O)c1ccc([N+](=O)[O-])cc1OC. The third-order valence-corrected chi connectivity index (χ3v) is 4.78. The Morgan fingerprint density at radius 1 is 1.04 bits per heavy atom. The van der Waals surface area contributed by atoms with Crippen LogP contribution < -0.4 is 9.64 Å². The van der Waals surface area contributed by atoms with Gasteiger partial charge in [-0.05, 0) is 12.5 Å². The zero-order chi connectivity index (χ0) is 20.1. The maximum absolute atomic E-state index is 12.1. The highest BCUT2D eigenvalue weighted by atomic mass is 16.6. The highest BCUT2D eigenvalue weighted by Crippen LogP contribution is 2.32. The van der Waals surface area contributed by atoms with E-state index in [2.05, 4.69) is 6.92 Å².